The number of halogens is 1. The summed E-state index contributed by atoms with van der Waals surface area (Å²) in [4.78, 5) is 31.6. The number of aliphatic hydroxyl groups excluding tert-OH is 1. The summed E-state index contributed by atoms with van der Waals surface area (Å²) in [7, 11) is 0. The SMILES string of the molecule is Cc1ccc(C2C(=C(O)c3ccc(Br)cc3)C(=O)C(=O)N2CCCn2ccnc2)cc1. The van der Waals surface area contributed by atoms with E-state index in [2.05, 4.69) is 20.9 Å². The van der Waals surface area contributed by atoms with E-state index >= 15 is 0 Å². The van der Waals surface area contributed by atoms with Gasteiger partial charge in [-0.05, 0) is 31.0 Å². The fourth-order valence-corrected chi connectivity index (χ4v) is 4.08. The van der Waals surface area contributed by atoms with Gasteiger partial charge in [-0.15, -0.1) is 0 Å². The minimum atomic E-state index is -0.659. The van der Waals surface area contributed by atoms with Gasteiger partial charge >= 0.3 is 0 Å². The Morgan fingerprint density at radius 1 is 1.06 bits per heavy atom. The highest BCUT2D eigenvalue weighted by Crippen LogP contribution is 2.39. The molecule has 7 heteroatoms. The molecule has 4 rings (SSSR count). The molecule has 0 radical (unpaired) electrons. The van der Waals surface area contributed by atoms with Crippen molar-refractivity contribution in [3.8, 4) is 0 Å². The second kappa shape index (κ2) is 8.89. The van der Waals surface area contributed by atoms with Crippen LogP contribution in [0.25, 0.3) is 5.76 Å². The molecule has 1 aliphatic rings. The molecule has 0 spiro atoms. The van der Waals surface area contributed by atoms with Crippen molar-refractivity contribution in [3.63, 3.8) is 0 Å². The van der Waals surface area contributed by atoms with E-state index in [9.17, 15) is 14.7 Å². The number of nitrogens with zero attached hydrogens (tertiary/aromatic N) is 3. The predicted molar refractivity (Wildman–Crippen MR) is 121 cm³/mol. The molecule has 6 nitrogen and oxygen atoms in total. The summed E-state index contributed by atoms with van der Waals surface area (Å²) in [5.74, 6) is -1.41. The second-order valence-electron chi connectivity index (χ2n) is 7.56. The normalized spacial score (nSPS) is 18.0. The molecule has 158 valence electrons. The van der Waals surface area contributed by atoms with Gasteiger partial charge in [0.1, 0.15) is 5.76 Å². The van der Waals surface area contributed by atoms with Gasteiger partial charge in [-0.2, -0.15) is 0 Å². The van der Waals surface area contributed by atoms with E-state index < -0.39 is 17.7 Å². The maximum Gasteiger partial charge on any atom is 0.295 e. The van der Waals surface area contributed by atoms with Gasteiger partial charge in [0.2, 0.25) is 0 Å². The first-order chi connectivity index (χ1) is 15.0. The van der Waals surface area contributed by atoms with Gasteiger partial charge in [0, 0.05) is 35.5 Å². The van der Waals surface area contributed by atoms with Crippen molar-refractivity contribution in [2.45, 2.75) is 25.9 Å². The van der Waals surface area contributed by atoms with Crippen LogP contribution in [0.2, 0.25) is 0 Å². The Bertz CT molecular complexity index is 1120. The van der Waals surface area contributed by atoms with E-state index in [-0.39, 0.29) is 11.3 Å². The van der Waals surface area contributed by atoms with E-state index in [1.165, 1.54) is 0 Å². The molecule has 2 aromatic carbocycles. The standard InChI is InChI=1S/C24H22BrN3O3/c1-16-3-5-17(6-4-16)21-20(22(29)18-7-9-19(25)10-8-18)23(30)24(31)28(21)13-2-12-27-14-11-26-15-27/h3-11,14-15,21,29H,2,12-13H2,1H3. The minimum absolute atomic E-state index is 0.124. The third-order valence-electron chi connectivity index (χ3n) is 5.43. The number of hydrogen-bond donors (Lipinski definition) is 1. The number of imidazole rings is 1. The number of likely N-dealkylation sites (tertiary alicyclic amines) is 1. The smallest absolute Gasteiger partial charge is 0.295 e. The van der Waals surface area contributed by atoms with E-state index in [4.69, 9.17) is 0 Å². The zero-order valence-corrected chi connectivity index (χ0v) is 18.6. The number of amides is 1. The van der Waals surface area contributed by atoms with Crippen LogP contribution in [0, 0.1) is 6.92 Å². The molecule has 0 bridgehead atoms. The molecule has 3 aromatic rings. The maximum absolute atomic E-state index is 13.0. The number of carbonyl (C=O) groups is 2. The molecule has 31 heavy (non-hydrogen) atoms. The number of aromatic nitrogens is 2. The van der Waals surface area contributed by atoms with Crippen LogP contribution in [-0.2, 0) is 16.1 Å². The number of ketones is 1. The first-order valence-electron chi connectivity index (χ1n) is 10.0. The van der Waals surface area contributed by atoms with Crippen LogP contribution in [-0.4, -0.2) is 37.8 Å². The number of aryl methyl sites for hydroxylation is 2. The summed E-state index contributed by atoms with van der Waals surface area (Å²) >= 11 is 3.38. The van der Waals surface area contributed by atoms with Crippen LogP contribution >= 0.6 is 15.9 Å². The molecular formula is C24H22BrN3O3. The number of benzene rings is 2. The predicted octanol–water partition coefficient (Wildman–Crippen LogP) is 4.47. The Balaban J connectivity index is 1.72. The van der Waals surface area contributed by atoms with E-state index in [1.54, 1.807) is 41.7 Å². The molecule has 1 saturated heterocycles. The molecule has 1 atom stereocenters. The van der Waals surface area contributed by atoms with Crippen LogP contribution in [0.15, 0.2) is 77.3 Å². The lowest BCUT2D eigenvalue weighted by Gasteiger charge is -2.25. The average molecular weight is 480 g/mol. The van der Waals surface area contributed by atoms with Crippen LogP contribution in [0.4, 0.5) is 0 Å². The van der Waals surface area contributed by atoms with Gasteiger partial charge in [-0.1, -0.05) is 57.9 Å². The summed E-state index contributed by atoms with van der Waals surface area (Å²) in [5, 5.41) is 11.0. The first-order valence-corrected chi connectivity index (χ1v) is 10.8. The zero-order valence-electron chi connectivity index (χ0n) is 17.0. The molecule has 1 N–H and O–H groups in total. The molecule has 1 aliphatic heterocycles. The molecule has 1 amide bonds. The van der Waals surface area contributed by atoms with E-state index in [0.717, 1.165) is 15.6 Å². The van der Waals surface area contributed by atoms with Gasteiger partial charge in [-0.3, -0.25) is 9.59 Å². The van der Waals surface area contributed by atoms with Gasteiger partial charge in [0.15, 0.2) is 0 Å². The van der Waals surface area contributed by atoms with Gasteiger partial charge in [0.05, 0.1) is 17.9 Å². The third-order valence-corrected chi connectivity index (χ3v) is 5.95. The highest BCUT2D eigenvalue weighted by atomic mass is 79.9. The van der Waals surface area contributed by atoms with E-state index in [1.807, 2.05) is 42.0 Å². The quantitative estimate of drug-likeness (QED) is 0.321. The molecule has 0 aliphatic carbocycles. The summed E-state index contributed by atoms with van der Waals surface area (Å²) in [6, 6.07) is 14.1. The second-order valence-corrected chi connectivity index (χ2v) is 8.48. The van der Waals surface area contributed by atoms with Crippen molar-refractivity contribution in [1.29, 1.82) is 0 Å². The van der Waals surface area contributed by atoms with Gasteiger partial charge in [-0.25, -0.2) is 4.98 Å². The maximum atomic E-state index is 13.0. The fraction of sp³-hybridized carbons (Fsp3) is 0.208. The average Bonchev–Trinajstić information content (AvgIpc) is 3.37. The summed E-state index contributed by atoms with van der Waals surface area (Å²) < 4.78 is 2.79. The van der Waals surface area contributed by atoms with Crippen LogP contribution in [0.1, 0.15) is 29.2 Å². The van der Waals surface area contributed by atoms with Gasteiger partial charge < -0.3 is 14.6 Å². The van der Waals surface area contributed by atoms with Crippen molar-refractivity contribution in [3.05, 3.63) is 94.0 Å². The van der Waals surface area contributed by atoms with Crippen molar-refractivity contribution in [1.82, 2.24) is 14.5 Å². The van der Waals surface area contributed by atoms with Crippen molar-refractivity contribution in [2.24, 2.45) is 0 Å². The van der Waals surface area contributed by atoms with Gasteiger partial charge in [0.25, 0.3) is 11.7 Å². The highest BCUT2D eigenvalue weighted by Gasteiger charge is 2.45. The molecule has 1 fully saturated rings. The molecule has 1 unspecified atom stereocenters. The van der Waals surface area contributed by atoms with Crippen LogP contribution in [0.5, 0.6) is 0 Å². The summed E-state index contributed by atoms with van der Waals surface area (Å²) in [6.45, 7) is 3.04. The lowest BCUT2D eigenvalue weighted by atomic mass is 9.94. The minimum Gasteiger partial charge on any atom is -0.507 e. The fourth-order valence-electron chi connectivity index (χ4n) is 3.81. The molecule has 2 heterocycles. The van der Waals surface area contributed by atoms with Crippen molar-refractivity contribution in [2.75, 3.05) is 6.54 Å². The first kappa shape index (κ1) is 21.1. The Morgan fingerprint density at radius 2 is 1.77 bits per heavy atom. The number of aliphatic hydroxyl groups is 1. The highest BCUT2D eigenvalue weighted by molar-refractivity contribution is 9.10. The third kappa shape index (κ3) is 4.32. The largest absolute Gasteiger partial charge is 0.507 e. The Labute approximate surface area is 189 Å². The number of carbonyl (C=O) groups excluding carboxylic acids is 2. The Morgan fingerprint density at radius 3 is 2.42 bits per heavy atom. The van der Waals surface area contributed by atoms with E-state index in [0.29, 0.717) is 25.1 Å². The van der Waals surface area contributed by atoms with Crippen LogP contribution in [0.3, 0.4) is 0 Å². The number of hydrogen-bond acceptors (Lipinski definition) is 4. The lowest BCUT2D eigenvalue weighted by molar-refractivity contribution is -0.139. The monoisotopic (exact) mass is 479 g/mol. The summed E-state index contributed by atoms with van der Waals surface area (Å²) in [6.07, 6.45) is 5.94. The lowest BCUT2D eigenvalue weighted by Crippen LogP contribution is -2.31. The Hall–Kier alpha value is -3.19. The topological polar surface area (TPSA) is 75.4 Å². The summed E-state index contributed by atoms with van der Waals surface area (Å²) in [5.41, 5.74) is 2.50. The van der Waals surface area contributed by atoms with Crippen LogP contribution < -0.4 is 0 Å². The van der Waals surface area contributed by atoms with Crippen molar-refractivity contribution < 1.29 is 14.7 Å². The molecular weight excluding hydrogens is 458 g/mol. The number of rotatable bonds is 6. The zero-order chi connectivity index (χ0) is 22.0. The molecule has 1 aromatic heterocycles. The number of Topliss-reactive ketones (excluding diaryl/α,β-unsaturated/α-hetero) is 1. The van der Waals surface area contributed by atoms with Crippen molar-refractivity contribution >= 4 is 33.4 Å². The Kier molecular flexibility index (Phi) is 6.04. The molecule has 0 saturated carbocycles.